The van der Waals surface area contributed by atoms with E-state index in [2.05, 4.69) is 20.4 Å². The Bertz CT molecular complexity index is 3290. The number of Topliss-reactive ketones (excluding diaryl/α,β-unsaturated/α-hetero) is 1. The van der Waals surface area contributed by atoms with Crippen molar-refractivity contribution >= 4 is 87.4 Å². The maximum absolute atomic E-state index is 15.4. The van der Waals surface area contributed by atoms with E-state index in [0.29, 0.717) is 54.1 Å². The van der Waals surface area contributed by atoms with Gasteiger partial charge in [0.2, 0.25) is 5.60 Å². The molecule has 3 heterocycles. The number of amides is 1. The number of fused-ring (bicyclic) bond motifs is 1. The molecule has 4 aromatic rings. The number of likely N-dealkylation sites (tertiary alicyclic amines) is 1. The highest BCUT2D eigenvalue weighted by molar-refractivity contribution is 7.80. The largest absolute Gasteiger partial charge is 0.501 e. The number of hydrogen-bond acceptors (Lipinski definition) is 18. The quantitative estimate of drug-likeness (QED) is 0.0127. The number of quaternary nitrogens is 1. The maximum Gasteiger partial charge on any atom is 0.353 e. The molecule has 3 aromatic carbocycles. The SMILES string of the molecule is CCN1C=C(C[N+]2(CC(CS)C(=NCCNC(=O)C(=NOC(C)(C)C(=O)OC(C)(C)C)c3nc(N)sc3Cl)C(=O)OC(c3ccccc3)c3ccccc3)CCCC2)C(=O)C2=C(Cl)C(OCC3=CC=C(OC)CC3)C(OCc3ccc(OC)cc3)=CC21. The Balaban J connectivity index is 1.09. The molecule has 0 spiro atoms. The fourth-order valence-corrected chi connectivity index (χ4v) is 12.3. The zero-order chi connectivity index (χ0) is 62.5. The number of thiazole rings is 1. The van der Waals surface area contributed by atoms with Crippen LogP contribution in [0.2, 0.25) is 4.34 Å². The van der Waals surface area contributed by atoms with Gasteiger partial charge in [0, 0.05) is 49.9 Å². The molecule has 3 N–H and O–H groups in total. The predicted molar refractivity (Wildman–Crippen MR) is 342 cm³/mol. The highest BCUT2D eigenvalue weighted by Crippen LogP contribution is 2.40. The van der Waals surface area contributed by atoms with Crippen LogP contribution in [0, 0.1) is 5.92 Å². The number of likely N-dealkylation sites (N-methyl/N-ethyl adjacent to an activating group) is 1. The molecular formula is C65H78Cl2N7O11S2+. The van der Waals surface area contributed by atoms with Crippen LogP contribution in [0.4, 0.5) is 5.13 Å². The van der Waals surface area contributed by atoms with Crippen LogP contribution in [0.15, 0.2) is 153 Å². The first-order chi connectivity index (χ1) is 41.6. The number of oxime groups is 1. The van der Waals surface area contributed by atoms with E-state index in [0.717, 1.165) is 70.8 Å². The lowest BCUT2D eigenvalue weighted by molar-refractivity contribution is -0.913. The molecule has 1 amide bonds. The molecule has 0 radical (unpaired) electrons. The van der Waals surface area contributed by atoms with Crippen molar-refractivity contribution < 1.29 is 56.9 Å². The van der Waals surface area contributed by atoms with Gasteiger partial charge in [0.05, 0.1) is 75.3 Å². The Morgan fingerprint density at radius 3 is 2.17 bits per heavy atom. The van der Waals surface area contributed by atoms with Crippen molar-refractivity contribution in [1.29, 1.82) is 0 Å². The van der Waals surface area contributed by atoms with Gasteiger partial charge in [-0.05, 0) is 94.5 Å². The lowest BCUT2D eigenvalue weighted by atomic mass is 9.86. The summed E-state index contributed by atoms with van der Waals surface area (Å²) in [6, 6.07) is 26.0. The van der Waals surface area contributed by atoms with Gasteiger partial charge in [0.25, 0.3) is 5.91 Å². The number of aromatic nitrogens is 1. The van der Waals surface area contributed by atoms with Crippen molar-refractivity contribution in [3.8, 4) is 5.75 Å². The number of hydrogen-bond donors (Lipinski definition) is 3. The van der Waals surface area contributed by atoms with Crippen LogP contribution in [-0.2, 0) is 54.3 Å². The van der Waals surface area contributed by atoms with Crippen molar-refractivity contribution in [3.63, 3.8) is 0 Å². The van der Waals surface area contributed by atoms with Crippen molar-refractivity contribution in [2.75, 3.05) is 78.1 Å². The van der Waals surface area contributed by atoms with Crippen LogP contribution in [0.1, 0.15) is 95.7 Å². The molecule has 0 saturated carbocycles. The average Bonchev–Trinajstić information content (AvgIpc) is 1.44. The molecular weight excluding hydrogens is 1190 g/mol. The normalized spacial score (nSPS) is 18.4. The summed E-state index contributed by atoms with van der Waals surface area (Å²) in [6.07, 6.45) is 9.39. The molecule has 87 heavy (non-hydrogen) atoms. The van der Waals surface area contributed by atoms with Crippen molar-refractivity contribution in [3.05, 3.63) is 169 Å². The molecule has 3 atom stereocenters. The lowest BCUT2D eigenvalue weighted by Crippen LogP contribution is -2.54. The number of anilines is 1. The third-order valence-corrected chi connectivity index (χ3v) is 17.2. The molecule has 4 aliphatic rings. The van der Waals surface area contributed by atoms with Gasteiger partial charge in [-0.25, -0.2) is 14.6 Å². The predicted octanol–water partition coefficient (Wildman–Crippen LogP) is 10.7. The van der Waals surface area contributed by atoms with E-state index < -0.39 is 53.2 Å². The first-order valence-corrected chi connectivity index (χ1v) is 31.3. The van der Waals surface area contributed by atoms with E-state index in [9.17, 15) is 9.59 Å². The molecule has 22 heteroatoms. The van der Waals surface area contributed by atoms with Gasteiger partial charge in [-0.3, -0.25) is 14.6 Å². The molecule has 2 aliphatic carbocycles. The maximum atomic E-state index is 15.4. The van der Waals surface area contributed by atoms with Crippen LogP contribution < -0.4 is 15.8 Å². The Morgan fingerprint density at radius 1 is 0.920 bits per heavy atom. The van der Waals surface area contributed by atoms with Gasteiger partial charge < -0.3 is 53.7 Å². The summed E-state index contributed by atoms with van der Waals surface area (Å²) < 4.78 is 36.7. The van der Waals surface area contributed by atoms with E-state index >= 15 is 9.59 Å². The summed E-state index contributed by atoms with van der Waals surface area (Å²) in [5.41, 5.74) is 7.69. The Morgan fingerprint density at radius 2 is 1.60 bits per heavy atom. The molecule has 18 nitrogen and oxygen atoms in total. The van der Waals surface area contributed by atoms with Gasteiger partial charge in [0.1, 0.15) is 46.0 Å². The lowest BCUT2D eigenvalue weighted by Gasteiger charge is -2.42. The third kappa shape index (κ3) is 17.0. The number of halogens is 2. The number of aliphatic imine (C=N–C) groups is 1. The summed E-state index contributed by atoms with van der Waals surface area (Å²) >= 11 is 19.9. The summed E-state index contributed by atoms with van der Waals surface area (Å²) in [7, 11) is 3.28. The van der Waals surface area contributed by atoms with Crippen molar-refractivity contribution in [2.45, 2.75) is 103 Å². The number of ketones is 1. The van der Waals surface area contributed by atoms with E-state index in [1.807, 2.05) is 116 Å². The molecule has 0 bridgehead atoms. The fourth-order valence-electron chi connectivity index (χ4n) is 10.7. The molecule has 3 unspecified atom stereocenters. The number of carbonyl (C=O) groups excluding carboxylic acids is 4. The second-order valence-corrected chi connectivity index (χ2v) is 25.5. The molecule has 1 aromatic heterocycles. The Kier molecular flexibility index (Phi) is 22.6. The van der Waals surface area contributed by atoms with E-state index in [1.165, 1.54) is 13.8 Å². The number of ether oxygens (including phenoxy) is 6. The number of nitrogens with one attached hydrogen (secondary N) is 1. The molecule has 2 aliphatic heterocycles. The number of allylic oxidation sites excluding steroid dienone is 3. The smallest absolute Gasteiger partial charge is 0.353 e. The number of methoxy groups -OCH3 is 2. The van der Waals surface area contributed by atoms with Crippen LogP contribution in [0.25, 0.3) is 0 Å². The van der Waals surface area contributed by atoms with E-state index in [-0.39, 0.29) is 69.5 Å². The number of esters is 2. The number of benzene rings is 3. The van der Waals surface area contributed by atoms with E-state index in [4.69, 9.17) is 79.8 Å². The minimum Gasteiger partial charge on any atom is -0.501 e. The Labute approximate surface area is 529 Å². The number of nitrogens with zero attached hydrogens (tertiary/aromatic N) is 5. The summed E-state index contributed by atoms with van der Waals surface area (Å²) in [4.78, 5) is 74.7. The summed E-state index contributed by atoms with van der Waals surface area (Å²) in [5, 5.41) is 7.24. The zero-order valence-corrected chi connectivity index (χ0v) is 53.7. The standard InChI is InChI=1S/C65H77Cl2N7O11S2/c1-9-73-35-45(56(75)51-49(73)34-50(81-38-41-22-26-47(79-7)27-23-41)58(52(51)66)82-39-42-24-28-48(80-8)29-25-42)36-74(32-16-17-33-74)37-46(40-86)53(61(77)83-57(43-18-12-10-13-19-43)44-20-14-11-15-21-44)69-30-31-70-60(76)55(54-59(67)87-63(68)71-54)72-85-65(5,6)62(78)84-64(2,3)4/h10-15,18-24,26-28,34-35,46,49,57-58H,9,16-17,25,29-33,36-40H2,1-8H3,(H3-,68,70,71,76,86)/p+1. The highest BCUT2D eigenvalue weighted by atomic mass is 35.5. The van der Waals surface area contributed by atoms with Crippen molar-refractivity contribution in [1.82, 2.24) is 15.2 Å². The summed E-state index contributed by atoms with van der Waals surface area (Å²) in [5.74, 6) is -0.659. The van der Waals surface area contributed by atoms with Gasteiger partial charge in [-0.2, -0.15) is 12.6 Å². The second kappa shape index (κ2) is 29.8. The number of thiol groups is 1. The minimum atomic E-state index is -1.63. The first-order valence-electron chi connectivity index (χ1n) is 29.1. The van der Waals surface area contributed by atoms with Gasteiger partial charge in [0.15, 0.2) is 28.8 Å². The van der Waals surface area contributed by atoms with E-state index in [1.54, 1.807) is 35.0 Å². The van der Waals surface area contributed by atoms with Crippen LogP contribution in [0.5, 0.6) is 5.75 Å². The third-order valence-electron chi connectivity index (χ3n) is 15.3. The summed E-state index contributed by atoms with van der Waals surface area (Å²) in [6.45, 7) is 13.0. The minimum absolute atomic E-state index is 0.0607. The first kappa shape index (κ1) is 66.0. The fraction of sp³-hybridized carbons (Fsp3) is 0.431. The van der Waals surface area contributed by atoms with Crippen LogP contribution in [-0.4, -0.2) is 145 Å². The van der Waals surface area contributed by atoms with Gasteiger partial charge in [-0.15, -0.1) is 0 Å². The van der Waals surface area contributed by atoms with Crippen LogP contribution >= 0.6 is 47.2 Å². The number of rotatable bonds is 27. The second-order valence-electron chi connectivity index (χ2n) is 23.1. The molecule has 1 saturated heterocycles. The van der Waals surface area contributed by atoms with Crippen LogP contribution in [0.3, 0.4) is 0 Å². The average molecular weight is 1270 g/mol. The topological polar surface area (TPSA) is 212 Å². The van der Waals surface area contributed by atoms with Gasteiger partial charge >= 0.3 is 11.9 Å². The Hall–Kier alpha value is -6.94. The number of carbonyl (C=O) groups is 4. The monoisotopic (exact) mass is 1270 g/mol. The van der Waals surface area contributed by atoms with Crippen molar-refractivity contribution in [2.24, 2.45) is 16.1 Å². The molecule has 8 rings (SSSR count). The number of nitrogen functional groups attached to an aromatic ring is 1. The highest BCUT2D eigenvalue weighted by Gasteiger charge is 2.46. The van der Waals surface area contributed by atoms with Gasteiger partial charge in [-0.1, -0.05) is 119 Å². The zero-order valence-electron chi connectivity index (χ0n) is 50.5. The molecule has 464 valence electrons. The number of nitrogens with two attached hydrogens (primary N) is 1. The molecule has 1 fully saturated rings.